The van der Waals surface area contributed by atoms with E-state index in [1.165, 1.54) is 0 Å². The number of ether oxygens (including phenoxy) is 1. The smallest absolute Gasteiger partial charge is 0.354 e. The summed E-state index contributed by atoms with van der Waals surface area (Å²) in [5, 5.41) is 28.1. The molecule has 1 aromatic heterocycles. The van der Waals surface area contributed by atoms with Crippen molar-refractivity contribution in [1.29, 1.82) is 0 Å². The van der Waals surface area contributed by atoms with E-state index in [9.17, 15) is 15.0 Å². The van der Waals surface area contributed by atoms with Crippen LogP contribution in [0.4, 0.5) is 5.95 Å². The van der Waals surface area contributed by atoms with Crippen LogP contribution >= 0.6 is 0 Å². The number of hydrogen-bond acceptors (Lipinski definition) is 8. The van der Waals surface area contributed by atoms with Crippen molar-refractivity contribution < 1.29 is 20.1 Å². The van der Waals surface area contributed by atoms with Crippen molar-refractivity contribution in [2.45, 2.75) is 24.5 Å². The summed E-state index contributed by atoms with van der Waals surface area (Å²) in [6.45, 7) is -0.473. The summed E-state index contributed by atoms with van der Waals surface area (Å²) in [5.74, 6) is -0.196. The number of rotatable bonds is 2. The summed E-state index contributed by atoms with van der Waals surface area (Å²) in [4.78, 5) is 18.4. The van der Waals surface area contributed by atoms with Gasteiger partial charge < -0.3 is 25.8 Å². The van der Waals surface area contributed by atoms with Crippen LogP contribution < -0.4 is 11.4 Å². The molecule has 0 amide bonds. The van der Waals surface area contributed by atoms with Crippen LogP contribution in [-0.2, 0) is 4.74 Å². The first-order valence-corrected chi connectivity index (χ1v) is 4.87. The van der Waals surface area contributed by atoms with E-state index >= 15 is 0 Å². The third kappa shape index (κ3) is 2.00. The van der Waals surface area contributed by atoms with Crippen molar-refractivity contribution in [1.82, 2.24) is 14.5 Å². The van der Waals surface area contributed by atoms with Gasteiger partial charge in [-0.25, -0.2) is 9.78 Å². The van der Waals surface area contributed by atoms with Gasteiger partial charge in [0.1, 0.15) is 24.6 Å². The van der Waals surface area contributed by atoms with E-state index in [2.05, 4.69) is 9.97 Å². The Labute approximate surface area is 95.1 Å². The molecular weight excluding hydrogens is 236 g/mol. The van der Waals surface area contributed by atoms with Crippen molar-refractivity contribution in [2.75, 3.05) is 12.3 Å². The van der Waals surface area contributed by atoms with E-state index in [4.69, 9.17) is 15.6 Å². The Kier molecular flexibility index (Phi) is 3.07. The Morgan fingerprint density at radius 1 is 1.47 bits per heavy atom. The maximum absolute atomic E-state index is 11.5. The van der Waals surface area contributed by atoms with E-state index in [1.54, 1.807) is 0 Å². The lowest BCUT2D eigenvalue weighted by Gasteiger charge is -2.16. The summed E-state index contributed by atoms with van der Waals surface area (Å²) in [7, 11) is 0. The highest BCUT2D eigenvalue weighted by atomic mass is 16.6. The number of anilines is 1. The molecule has 0 bridgehead atoms. The van der Waals surface area contributed by atoms with Crippen LogP contribution in [0.25, 0.3) is 0 Å². The van der Waals surface area contributed by atoms with Gasteiger partial charge in [-0.05, 0) is 0 Å². The summed E-state index contributed by atoms with van der Waals surface area (Å²) >= 11 is 0. The molecule has 1 aromatic rings. The topological polar surface area (TPSA) is 144 Å². The molecule has 1 saturated heterocycles. The molecule has 2 heterocycles. The largest absolute Gasteiger partial charge is 0.394 e. The van der Waals surface area contributed by atoms with Crippen LogP contribution in [-0.4, -0.2) is 54.8 Å². The van der Waals surface area contributed by atoms with Crippen LogP contribution in [0.15, 0.2) is 11.1 Å². The Hall–Kier alpha value is -1.55. The SMILES string of the molecule is [15NH2]c1[15n]c[15n]([C@@H]2O[C@H](CO)[C@@H](O)[C@H]2O)c(=O)[15n]1. The van der Waals surface area contributed by atoms with Gasteiger partial charge in [0.05, 0.1) is 6.61 Å². The van der Waals surface area contributed by atoms with E-state index in [0.717, 1.165) is 10.9 Å². The van der Waals surface area contributed by atoms with E-state index in [1.807, 2.05) is 0 Å². The number of nitrogens with two attached hydrogens (primary N) is 1. The maximum Gasteiger partial charge on any atom is 0.354 e. The van der Waals surface area contributed by atoms with Crippen LogP contribution in [0.3, 0.4) is 0 Å². The van der Waals surface area contributed by atoms with Crippen molar-refractivity contribution in [3.63, 3.8) is 0 Å². The molecule has 9 heteroatoms. The molecule has 1 fully saturated rings. The molecule has 0 aliphatic carbocycles. The maximum atomic E-state index is 11.5. The summed E-state index contributed by atoms with van der Waals surface area (Å²) in [6.07, 6.45) is -3.67. The van der Waals surface area contributed by atoms with Crippen molar-refractivity contribution in [2.24, 2.45) is 0 Å². The first kappa shape index (κ1) is 11.9. The number of hydrogen-bond donors (Lipinski definition) is 4. The molecule has 1 aliphatic heterocycles. The molecule has 94 valence electrons. The zero-order valence-corrected chi connectivity index (χ0v) is 8.67. The fourth-order valence-corrected chi connectivity index (χ4v) is 1.64. The zero-order valence-electron chi connectivity index (χ0n) is 8.67. The van der Waals surface area contributed by atoms with Crippen LogP contribution in [0.2, 0.25) is 0 Å². The molecular formula is C8H12N4O5. The minimum absolute atomic E-state index is 0.196. The third-order valence-corrected chi connectivity index (χ3v) is 2.54. The second-order valence-electron chi connectivity index (χ2n) is 3.63. The van der Waals surface area contributed by atoms with Gasteiger partial charge in [0.2, 0.25) is 5.95 Å². The standard InChI is InChI=1S/C8H12N4O5/c9-7-10-2-12(8(16)11-7)6-5(15)4(14)3(1-13)17-6/h2-6,13-15H,1H2,(H2,9,11,16)/t3-,4-,5-,6-/m1/s1/i9+1,10+1,11+1,12+1. The van der Waals surface area contributed by atoms with Crippen LogP contribution in [0.1, 0.15) is 6.23 Å². The minimum Gasteiger partial charge on any atom is -0.394 e. The number of aliphatic hydroxyl groups excluding tert-OH is 3. The lowest BCUT2D eigenvalue weighted by Crippen LogP contribution is -2.36. The molecule has 4 atom stereocenters. The molecule has 17 heavy (non-hydrogen) atoms. The Morgan fingerprint density at radius 2 is 2.18 bits per heavy atom. The minimum atomic E-state index is -1.35. The van der Waals surface area contributed by atoms with Crippen molar-refractivity contribution in [3.05, 3.63) is 16.8 Å². The van der Waals surface area contributed by atoms with Gasteiger partial charge in [0, 0.05) is 0 Å². The summed E-state index contributed by atoms with van der Waals surface area (Å²) in [6, 6.07) is 0. The van der Waals surface area contributed by atoms with Gasteiger partial charge in [-0.3, -0.25) is 4.57 Å². The van der Waals surface area contributed by atoms with Gasteiger partial charge in [0.25, 0.3) is 0 Å². The van der Waals surface area contributed by atoms with E-state index in [-0.39, 0.29) is 5.95 Å². The van der Waals surface area contributed by atoms with Crippen LogP contribution in [0, 0.1) is 0 Å². The molecule has 9 nitrogen and oxygen atoms in total. The summed E-state index contributed by atoms with van der Waals surface area (Å²) in [5.41, 5.74) is 4.46. The molecule has 0 saturated carbocycles. The monoisotopic (exact) mass is 248 g/mol. The second kappa shape index (κ2) is 4.37. The highest BCUT2D eigenvalue weighted by molar-refractivity contribution is 5.10. The fraction of sp³-hybridized carbons (Fsp3) is 0.625. The van der Waals surface area contributed by atoms with Crippen molar-refractivity contribution >= 4 is 5.95 Å². The van der Waals surface area contributed by atoms with E-state index < -0.39 is 36.8 Å². The summed E-state index contributed by atoms with van der Waals surface area (Å²) < 4.78 is 6.04. The number of aliphatic hydroxyl groups is 3. The Balaban J connectivity index is 2.32. The molecule has 1 aliphatic rings. The Bertz CT molecular complexity index is 463. The average molecular weight is 248 g/mol. The molecule has 0 spiro atoms. The predicted molar refractivity (Wildman–Crippen MR) is 53.7 cm³/mol. The second-order valence-corrected chi connectivity index (χ2v) is 3.63. The normalized spacial score (nSPS) is 32.9. The number of aromatic nitrogens is 3. The first-order valence-electron chi connectivity index (χ1n) is 4.87. The van der Waals surface area contributed by atoms with E-state index in [0.29, 0.717) is 0 Å². The van der Waals surface area contributed by atoms with Gasteiger partial charge in [0.15, 0.2) is 6.23 Å². The van der Waals surface area contributed by atoms with Gasteiger partial charge >= 0.3 is 5.69 Å². The first-order chi connectivity index (χ1) is 8.04. The zero-order chi connectivity index (χ0) is 12.6. The molecule has 2 rings (SSSR count). The Morgan fingerprint density at radius 3 is 2.71 bits per heavy atom. The predicted octanol–water partition coefficient (Wildman–Crippen LogP) is -3.17. The fourth-order valence-electron chi connectivity index (χ4n) is 1.64. The van der Waals surface area contributed by atoms with Crippen molar-refractivity contribution in [3.8, 4) is 0 Å². The quantitative estimate of drug-likeness (QED) is 0.401. The third-order valence-electron chi connectivity index (χ3n) is 2.54. The van der Waals surface area contributed by atoms with Gasteiger partial charge in [-0.15, -0.1) is 0 Å². The molecule has 0 radical (unpaired) electrons. The lowest BCUT2D eigenvalue weighted by molar-refractivity contribution is -0.0554. The highest BCUT2D eigenvalue weighted by Crippen LogP contribution is 2.27. The number of nitrogens with zero attached hydrogens (tertiary/aromatic N) is 3. The van der Waals surface area contributed by atoms with Gasteiger partial charge in [-0.1, -0.05) is 0 Å². The van der Waals surface area contributed by atoms with Gasteiger partial charge in [-0.2, -0.15) is 4.98 Å². The number of nitrogen functional groups attached to an aromatic ring is 1. The molecule has 0 unspecified atom stereocenters. The average Bonchev–Trinajstić information content (AvgIpc) is 2.57. The highest BCUT2D eigenvalue weighted by Gasteiger charge is 2.43. The lowest BCUT2D eigenvalue weighted by atomic mass is 10.1. The molecule has 0 aromatic carbocycles. The van der Waals surface area contributed by atoms with Crippen LogP contribution in [0.5, 0.6) is 0 Å². The molecule has 5 N–H and O–H groups in total.